The number of hydrazine groups is 1. The van der Waals surface area contributed by atoms with Crippen LogP contribution in [0.25, 0.3) is 0 Å². The highest BCUT2D eigenvalue weighted by Gasteiger charge is 2.26. The average molecular weight is 210 g/mol. The zero-order chi connectivity index (χ0) is 10.7. The van der Waals surface area contributed by atoms with E-state index in [9.17, 15) is 0 Å². The maximum absolute atomic E-state index is 5.63. The Morgan fingerprint density at radius 3 is 2.87 bits per heavy atom. The first kappa shape index (κ1) is 10.6. The summed E-state index contributed by atoms with van der Waals surface area (Å²) in [6.45, 7) is 1.67. The van der Waals surface area contributed by atoms with Crippen LogP contribution in [0.2, 0.25) is 0 Å². The smallest absolute Gasteiger partial charge is 0.0658 e. The molecule has 1 saturated heterocycles. The van der Waals surface area contributed by atoms with Crippen molar-refractivity contribution in [3.05, 3.63) is 18.0 Å². The van der Waals surface area contributed by atoms with Gasteiger partial charge in [-0.3, -0.25) is 16.0 Å². The summed E-state index contributed by atoms with van der Waals surface area (Å²) in [6, 6.07) is 2.20. The van der Waals surface area contributed by atoms with Crippen LogP contribution in [0.4, 0.5) is 0 Å². The van der Waals surface area contributed by atoms with Crippen molar-refractivity contribution in [1.29, 1.82) is 0 Å². The summed E-state index contributed by atoms with van der Waals surface area (Å²) in [7, 11) is 1.94. The molecule has 2 rings (SSSR count). The minimum Gasteiger partial charge on any atom is -0.381 e. The van der Waals surface area contributed by atoms with Crippen molar-refractivity contribution in [1.82, 2.24) is 15.2 Å². The average Bonchev–Trinajstić information content (AvgIpc) is 2.68. The highest BCUT2D eigenvalue weighted by atomic mass is 16.5. The minimum atomic E-state index is 0.182. The van der Waals surface area contributed by atoms with E-state index in [-0.39, 0.29) is 6.04 Å². The van der Waals surface area contributed by atoms with Crippen molar-refractivity contribution in [3.63, 3.8) is 0 Å². The van der Waals surface area contributed by atoms with E-state index < -0.39 is 0 Å². The second kappa shape index (κ2) is 4.74. The summed E-state index contributed by atoms with van der Waals surface area (Å²) in [4.78, 5) is 0. The Hall–Kier alpha value is -0.910. The van der Waals surface area contributed by atoms with Crippen molar-refractivity contribution in [2.45, 2.75) is 18.9 Å². The monoisotopic (exact) mass is 210 g/mol. The number of nitrogens with zero attached hydrogens (tertiary/aromatic N) is 2. The fraction of sp³-hybridized carbons (Fsp3) is 0.700. The van der Waals surface area contributed by atoms with Gasteiger partial charge in [-0.2, -0.15) is 5.10 Å². The molecule has 1 aromatic heterocycles. The normalized spacial score (nSPS) is 20.4. The summed E-state index contributed by atoms with van der Waals surface area (Å²) in [5.41, 5.74) is 4.04. The summed E-state index contributed by atoms with van der Waals surface area (Å²) in [6.07, 6.45) is 3.92. The molecule has 1 atom stereocenters. The molecule has 5 heteroatoms. The van der Waals surface area contributed by atoms with Crippen molar-refractivity contribution in [2.24, 2.45) is 18.8 Å². The lowest BCUT2D eigenvalue weighted by Crippen LogP contribution is -2.37. The lowest BCUT2D eigenvalue weighted by molar-refractivity contribution is 0.0526. The lowest BCUT2D eigenvalue weighted by atomic mass is 9.90. The molecule has 0 saturated carbocycles. The van der Waals surface area contributed by atoms with Crippen LogP contribution in [0, 0.1) is 5.92 Å². The molecule has 1 aromatic rings. The highest BCUT2D eigenvalue weighted by Crippen LogP contribution is 2.28. The van der Waals surface area contributed by atoms with Gasteiger partial charge < -0.3 is 4.74 Å². The van der Waals surface area contributed by atoms with Crippen LogP contribution in [0.1, 0.15) is 24.6 Å². The highest BCUT2D eigenvalue weighted by molar-refractivity contribution is 5.08. The molecule has 0 aliphatic carbocycles. The van der Waals surface area contributed by atoms with Gasteiger partial charge in [0.1, 0.15) is 0 Å². The number of hydrogen-bond donors (Lipinski definition) is 2. The van der Waals surface area contributed by atoms with Gasteiger partial charge in [0, 0.05) is 26.5 Å². The van der Waals surface area contributed by atoms with Gasteiger partial charge in [0.15, 0.2) is 0 Å². The van der Waals surface area contributed by atoms with Crippen LogP contribution in [0.3, 0.4) is 0 Å². The molecule has 1 fully saturated rings. The van der Waals surface area contributed by atoms with E-state index in [0.717, 1.165) is 31.7 Å². The molecule has 0 bridgehead atoms. The summed E-state index contributed by atoms with van der Waals surface area (Å²) < 4.78 is 7.23. The van der Waals surface area contributed by atoms with Crippen molar-refractivity contribution in [3.8, 4) is 0 Å². The van der Waals surface area contributed by atoms with E-state index in [1.165, 1.54) is 0 Å². The predicted octanol–water partition coefficient (Wildman–Crippen LogP) is 0.351. The molecule has 1 unspecified atom stereocenters. The molecule has 3 N–H and O–H groups in total. The van der Waals surface area contributed by atoms with Gasteiger partial charge in [0.2, 0.25) is 0 Å². The van der Waals surface area contributed by atoms with Crippen LogP contribution in [0.15, 0.2) is 12.3 Å². The molecule has 2 heterocycles. The number of aromatic nitrogens is 2. The fourth-order valence-corrected chi connectivity index (χ4v) is 2.20. The molecule has 1 aliphatic heterocycles. The van der Waals surface area contributed by atoms with Gasteiger partial charge in [-0.25, -0.2) is 0 Å². The van der Waals surface area contributed by atoms with Crippen LogP contribution in [-0.4, -0.2) is 23.0 Å². The van der Waals surface area contributed by atoms with Crippen LogP contribution in [0.5, 0.6) is 0 Å². The fourth-order valence-electron chi connectivity index (χ4n) is 2.20. The summed E-state index contributed by atoms with van der Waals surface area (Å²) >= 11 is 0. The number of nitrogens with two attached hydrogens (primary N) is 1. The zero-order valence-electron chi connectivity index (χ0n) is 9.02. The van der Waals surface area contributed by atoms with Gasteiger partial charge in [-0.15, -0.1) is 0 Å². The summed E-state index contributed by atoms with van der Waals surface area (Å²) in [5, 5.41) is 4.17. The SMILES string of the molecule is Cn1nccc1C(NN)C1CCOCC1. The Bertz CT molecular complexity index is 306. The third-order valence-corrected chi connectivity index (χ3v) is 3.09. The minimum absolute atomic E-state index is 0.182. The Balaban J connectivity index is 2.12. The van der Waals surface area contributed by atoms with Crippen LogP contribution < -0.4 is 11.3 Å². The van der Waals surface area contributed by atoms with E-state index in [1.54, 1.807) is 6.20 Å². The number of hydrogen-bond acceptors (Lipinski definition) is 4. The zero-order valence-corrected chi connectivity index (χ0v) is 9.02. The maximum Gasteiger partial charge on any atom is 0.0658 e. The molecular formula is C10H18N4O. The van der Waals surface area contributed by atoms with Crippen LogP contribution in [-0.2, 0) is 11.8 Å². The molecule has 0 radical (unpaired) electrons. The second-order valence-electron chi connectivity index (χ2n) is 3.97. The molecule has 0 aromatic carbocycles. The van der Waals surface area contributed by atoms with E-state index in [0.29, 0.717) is 5.92 Å². The lowest BCUT2D eigenvalue weighted by Gasteiger charge is -2.29. The first-order valence-electron chi connectivity index (χ1n) is 5.34. The van der Waals surface area contributed by atoms with Gasteiger partial charge in [0.05, 0.1) is 11.7 Å². The number of rotatable bonds is 3. The number of aryl methyl sites for hydroxylation is 1. The quantitative estimate of drug-likeness (QED) is 0.558. The predicted molar refractivity (Wildman–Crippen MR) is 56.8 cm³/mol. The first-order valence-corrected chi connectivity index (χ1v) is 5.34. The van der Waals surface area contributed by atoms with Crippen LogP contribution >= 0.6 is 0 Å². The third-order valence-electron chi connectivity index (χ3n) is 3.09. The molecule has 0 spiro atoms. The van der Waals surface area contributed by atoms with Crippen molar-refractivity contribution >= 4 is 0 Å². The standard InChI is InChI=1S/C10H18N4O/c1-14-9(2-5-12-14)10(13-11)8-3-6-15-7-4-8/h2,5,8,10,13H,3-4,6-7,11H2,1H3. The van der Waals surface area contributed by atoms with Gasteiger partial charge in [0.25, 0.3) is 0 Å². The van der Waals surface area contributed by atoms with E-state index in [1.807, 2.05) is 17.8 Å². The molecule has 84 valence electrons. The Kier molecular flexibility index (Phi) is 3.35. The Labute approximate surface area is 89.6 Å². The topological polar surface area (TPSA) is 65.1 Å². The molecule has 5 nitrogen and oxygen atoms in total. The van der Waals surface area contributed by atoms with E-state index >= 15 is 0 Å². The molecule has 1 aliphatic rings. The molecule has 15 heavy (non-hydrogen) atoms. The Morgan fingerprint density at radius 2 is 2.33 bits per heavy atom. The number of ether oxygens (including phenoxy) is 1. The summed E-state index contributed by atoms with van der Waals surface area (Å²) in [5.74, 6) is 6.17. The largest absolute Gasteiger partial charge is 0.381 e. The van der Waals surface area contributed by atoms with E-state index in [4.69, 9.17) is 10.6 Å². The maximum atomic E-state index is 5.63. The van der Waals surface area contributed by atoms with E-state index in [2.05, 4.69) is 10.5 Å². The molecule has 0 amide bonds. The van der Waals surface area contributed by atoms with Gasteiger partial charge in [-0.1, -0.05) is 0 Å². The van der Waals surface area contributed by atoms with Crippen molar-refractivity contribution < 1.29 is 4.74 Å². The molecular weight excluding hydrogens is 192 g/mol. The van der Waals surface area contributed by atoms with Gasteiger partial charge in [-0.05, 0) is 24.8 Å². The number of nitrogens with one attached hydrogen (secondary N) is 1. The second-order valence-corrected chi connectivity index (χ2v) is 3.97. The van der Waals surface area contributed by atoms with Crippen molar-refractivity contribution in [2.75, 3.05) is 13.2 Å². The third kappa shape index (κ3) is 2.19. The first-order chi connectivity index (χ1) is 7.33. The van der Waals surface area contributed by atoms with Gasteiger partial charge >= 0.3 is 0 Å². The Morgan fingerprint density at radius 1 is 1.60 bits per heavy atom.